The Bertz CT molecular complexity index is 453. The van der Waals surface area contributed by atoms with Crippen molar-refractivity contribution in [2.75, 3.05) is 13.1 Å². The van der Waals surface area contributed by atoms with Gasteiger partial charge < -0.3 is 5.32 Å². The molecular formula is C13H14F5N. The van der Waals surface area contributed by atoms with Gasteiger partial charge in [0.15, 0.2) is 23.3 Å². The van der Waals surface area contributed by atoms with Crippen molar-refractivity contribution in [1.82, 2.24) is 5.32 Å². The maximum absolute atomic E-state index is 13.2. The minimum Gasteiger partial charge on any atom is -0.313 e. The number of rotatable bonds is 5. The molecule has 0 aliphatic heterocycles. The summed E-state index contributed by atoms with van der Waals surface area (Å²) >= 11 is 0. The topological polar surface area (TPSA) is 12.0 Å². The average molecular weight is 279 g/mol. The third-order valence-corrected chi connectivity index (χ3v) is 2.34. The van der Waals surface area contributed by atoms with Crippen molar-refractivity contribution in [3.63, 3.8) is 0 Å². The number of benzene rings is 1. The first-order chi connectivity index (χ1) is 8.86. The highest BCUT2D eigenvalue weighted by molar-refractivity contribution is 5.51. The van der Waals surface area contributed by atoms with E-state index in [4.69, 9.17) is 0 Å². The van der Waals surface area contributed by atoms with Crippen molar-refractivity contribution in [3.05, 3.63) is 40.7 Å². The van der Waals surface area contributed by atoms with Crippen LogP contribution in [0.3, 0.4) is 0 Å². The van der Waals surface area contributed by atoms with Crippen LogP contribution < -0.4 is 5.32 Å². The minimum atomic E-state index is -2.15. The van der Waals surface area contributed by atoms with Gasteiger partial charge in [0.2, 0.25) is 5.82 Å². The van der Waals surface area contributed by atoms with E-state index in [0.717, 1.165) is 6.08 Å². The van der Waals surface area contributed by atoms with E-state index < -0.39 is 34.6 Å². The fourth-order valence-corrected chi connectivity index (χ4v) is 1.40. The molecule has 1 aromatic rings. The van der Waals surface area contributed by atoms with E-state index in [1.807, 2.05) is 13.8 Å². The van der Waals surface area contributed by atoms with Crippen molar-refractivity contribution < 1.29 is 22.0 Å². The van der Waals surface area contributed by atoms with E-state index >= 15 is 0 Å². The second kappa shape index (κ2) is 6.65. The summed E-state index contributed by atoms with van der Waals surface area (Å²) < 4.78 is 65.0. The molecule has 0 atom stereocenters. The standard InChI is InChI=1S/C13H14F5N/c1-7(2)6-19-5-3-4-8-9(14)11(16)13(18)12(17)10(8)15/h3-4,7,19H,5-6H2,1-2H3. The molecule has 1 N–H and O–H groups in total. The molecule has 0 bridgehead atoms. The summed E-state index contributed by atoms with van der Waals surface area (Å²) in [6.45, 7) is 4.90. The molecule has 0 amide bonds. The summed E-state index contributed by atoms with van der Waals surface area (Å²) in [6.07, 6.45) is 2.18. The maximum Gasteiger partial charge on any atom is 0.200 e. The first-order valence-electron chi connectivity index (χ1n) is 5.75. The minimum absolute atomic E-state index is 0.275. The Balaban J connectivity index is 2.87. The Morgan fingerprint density at radius 1 is 0.895 bits per heavy atom. The fraction of sp³-hybridized carbons (Fsp3) is 0.385. The van der Waals surface area contributed by atoms with Crippen LogP contribution in [0.4, 0.5) is 22.0 Å². The molecule has 1 nitrogen and oxygen atoms in total. The van der Waals surface area contributed by atoms with Gasteiger partial charge in [0.25, 0.3) is 0 Å². The predicted octanol–water partition coefficient (Wildman–Crippen LogP) is 3.64. The number of hydrogen-bond acceptors (Lipinski definition) is 1. The van der Waals surface area contributed by atoms with Gasteiger partial charge >= 0.3 is 0 Å². The molecule has 106 valence electrons. The van der Waals surface area contributed by atoms with E-state index in [-0.39, 0.29) is 6.54 Å². The maximum atomic E-state index is 13.2. The van der Waals surface area contributed by atoms with Crippen molar-refractivity contribution in [2.45, 2.75) is 13.8 Å². The molecule has 0 saturated heterocycles. The lowest BCUT2D eigenvalue weighted by molar-refractivity contribution is 0.377. The van der Waals surface area contributed by atoms with Gasteiger partial charge in [0, 0.05) is 6.54 Å². The zero-order valence-corrected chi connectivity index (χ0v) is 10.5. The lowest BCUT2D eigenvalue weighted by Gasteiger charge is -2.05. The van der Waals surface area contributed by atoms with Gasteiger partial charge in [-0.05, 0) is 12.5 Å². The Kier molecular flexibility index (Phi) is 5.47. The molecule has 0 aliphatic carbocycles. The zero-order valence-electron chi connectivity index (χ0n) is 10.5. The van der Waals surface area contributed by atoms with Gasteiger partial charge in [-0.3, -0.25) is 0 Å². The van der Waals surface area contributed by atoms with Crippen LogP contribution in [0.5, 0.6) is 0 Å². The Morgan fingerprint density at radius 3 is 1.84 bits per heavy atom. The van der Waals surface area contributed by atoms with E-state index in [1.165, 1.54) is 6.08 Å². The average Bonchev–Trinajstić information content (AvgIpc) is 2.37. The quantitative estimate of drug-likeness (QED) is 0.375. The molecule has 19 heavy (non-hydrogen) atoms. The number of halogens is 5. The smallest absolute Gasteiger partial charge is 0.200 e. The Hall–Kier alpha value is -1.43. The summed E-state index contributed by atoms with van der Waals surface area (Å²) in [7, 11) is 0. The highest BCUT2D eigenvalue weighted by Crippen LogP contribution is 2.23. The van der Waals surface area contributed by atoms with Crippen LogP contribution in [0.2, 0.25) is 0 Å². The first kappa shape index (κ1) is 15.6. The fourth-order valence-electron chi connectivity index (χ4n) is 1.40. The van der Waals surface area contributed by atoms with Crippen LogP contribution in [-0.4, -0.2) is 13.1 Å². The molecule has 1 rings (SSSR count). The van der Waals surface area contributed by atoms with Crippen LogP contribution in [0.1, 0.15) is 19.4 Å². The molecule has 0 radical (unpaired) electrons. The Morgan fingerprint density at radius 2 is 1.37 bits per heavy atom. The highest BCUT2D eigenvalue weighted by Gasteiger charge is 2.23. The van der Waals surface area contributed by atoms with Gasteiger partial charge in [0.05, 0.1) is 5.56 Å². The molecule has 0 saturated carbocycles. The second-order valence-electron chi connectivity index (χ2n) is 4.44. The van der Waals surface area contributed by atoms with Gasteiger partial charge in [-0.15, -0.1) is 0 Å². The summed E-state index contributed by atoms with van der Waals surface area (Å²) in [5.74, 6) is -9.27. The Labute approximate surface area is 108 Å². The van der Waals surface area contributed by atoms with Crippen LogP contribution in [-0.2, 0) is 0 Å². The van der Waals surface area contributed by atoms with Crippen molar-refractivity contribution in [1.29, 1.82) is 0 Å². The molecule has 0 heterocycles. The van der Waals surface area contributed by atoms with E-state index in [2.05, 4.69) is 5.32 Å². The monoisotopic (exact) mass is 279 g/mol. The van der Waals surface area contributed by atoms with E-state index in [0.29, 0.717) is 12.5 Å². The second-order valence-corrected chi connectivity index (χ2v) is 4.44. The molecule has 0 unspecified atom stereocenters. The summed E-state index contributed by atoms with van der Waals surface area (Å²) in [6, 6.07) is 0. The molecule has 6 heteroatoms. The van der Waals surface area contributed by atoms with Gasteiger partial charge in [-0.2, -0.15) is 0 Å². The van der Waals surface area contributed by atoms with E-state index in [9.17, 15) is 22.0 Å². The van der Waals surface area contributed by atoms with E-state index in [1.54, 1.807) is 0 Å². The molecule has 0 aliphatic rings. The zero-order chi connectivity index (χ0) is 14.6. The van der Waals surface area contributed by atoms with Crippen LogP contribution in [0.15, 0.2) is 6.08 Å². The largest absolute Gasteiger partial charge is 0.313 e. The first-order valence-corrected chi connectivity index (χ1v) is 5.75. The third kappa shape index (κ3) is 3.76. The van der Waals surface area contributed by atoms with Crippen molar-refractivity contribution in [2.24, 2.45) is 5.92 Å². The summed E-state index contributed by atoms with van der Waals surface area (Å²) in [5, 5.41) is 2.94. The third-order valence-electron chi connectivity index (χ3n) is 2.34. The van der Waals surface area contributed by atoms with Crippen molar-refractivity contribution in [3.8, 4) is 0 Å². The molecular weight excluding hydrogens is 265 g/mol. The summed E-state index contributed by atoms with van der Waals surface area (Å²) in [5.41, 5.74) is -0.928. The lowest BCUT2D eigenvalue weighted by atomic mass is 10.1. The predicted molar refractivity (Wildman–Crippen MR) is 63.0 cm³/mol. The van der Waals surface area contributed by atoms with Crippen LogP contribution >= 0.6 is 0 Å². The van der Waals surface area contributed by atoms with Gasteiger partial charge in [-0.1, -0.05) is 26.0 Å². The van der Waals surface area contributed by atoms with Crippen molar-refractivity contribution >= 4 is 6.08 Å². The van der Waals surface area contributed by atoms with Gasteiger partial charge in [-0.25, -0.2) is 22.0 Å². The lowest BCUT2D eigenvalue weighted by Crippen LogP contribution is -2.19. The van der Waals surface area contributed by atoms with Crippen LogP contribution in [0.25, 0.3) is 6.08 Å². The molecule has 0 spiro atoms. The molecule has 0 fully saturated rings. The summed E-state index contributed by atoms with van der Waals surface area (Å²) in [4.78, 5) is 0. The van der Waals surface area contributed by atoms with Crippen LogP contribution in [0, 0.1) is 35.0 Å². The van der Waals surface area contributed by atoms with Gasteiger partial charge in [0.1, 0.15) is 0 Å². The highest BCUT2D eigenvalue weighted by atomic mass is 19.2. The normalized spacial score (nSPS) is 11.8. The molecule has 0 aromatic heterocycles. The molecule has 1 aromatic carbocycles. The number of nitrogens with one attached hydrogen (secondary N) is 1. The number of hydrogen-bond donors (Lipinski definition) is 1. The SMILES string of the molecule is CC(C)CNCC=Cc1c(F)c(F)c(F)c(F)c1F.